The van der Waals surface area contributed by atoms with Crippen LogP contribution in [-0.2, 0) is 0 Å². The maximum absolute atomic E-state index is 5.85. The molecule has 0 aliphatic rings. The molecule has 2 aromatic heterocycles. The number of rotatable bonds is 2. The number of pyridine rings is 1. The lowest BCUT2D eigenvalue weighted by Gasteiger charge is -2.09. The lowest BCUT2D eigenvalue weighted by atomic mass is 10.1. The molecule has 2 aromatic rings. The fourth-order valence-corrected chi connectivity index (χ4v) is 1.58. The minimum absolute atomic E-state index is 0.0201. The Hall–Kier alpha value is -1.68. The molecule has 2 heterocycles. The highest BCUT2D eigenvalue weighted by molar-refractivity contribution is 5.32. The van der Waals surface area contributed by atoms with Crippen LogP contribution >= 0.6 is 0 Å². The highest BCUT2D eigenvalue weighted by Gasteiger charge is 2.07. The molecule has 0 unspecified atom stereocenters. The van der Waals surface area contributed by atoms with E-state index in [2.05, 4.69) is 9.97 Å². The predicted molar refractivity (Wildman–Crippen MR) is 63.4 cm³/mol. The lowest BCUT2D eigenvalue weighted by Crippen LogP contribution is -2.07. The van der Waals surface area contributed by atoms with E-state index < -0.39 is 0 Å². The Morgan fingerprint density at radius 3 is 2.62 bits per heavy atom. The fraction of sp³-hybridized carbons (Fsp3) is 0.333. The summed E-state index contributed by atoms with van der Waals surface area (Å²) >= 11 is 0. The van der Waals surface area contributed by atoms with Crippen LogP contribution in [0.3, 0.4) is 0 Å². The van der Waals surface area contributed by atoms with Gasteiger partial charge in [-0.05, 0) is 38.5 Å². The van der Waals surface area contributed by atoms with Crippen LogP contribution in [0.4, 0.5) is 0 Å². The van der Waals surface area contributed by atoms with Gasteiger partial charge < -0.3 is 5.73 Å². The Morgan fingerprint density at radius 2 is 2.06 bits per heavy atom. The summed E-state index contributed by atoms with van der Waals surface area (Å²) in [7, 11) is 0. The highest BCUT2D eigenvalue weighted by Crippen LogP contribution is 2.15. The molecule has 0 aliphatic heterocycles. The molecule has 0 saturated carbocycles. The van der Waals surface area contributed by atoms with E-state index in [1.807, 2.05) is 37.5 Å². The number of aromatic nitrogens is 3. The van der Waals surface area contributed by atoms with Crippen molar-refractivity contribution in [1.29, 1.82) is 0 Å². The monoisotopic (exact) mass is 216 g/mol. The van der Waals surface area contributed by atoms with Crippen LogP contribution in [0.15, 0.2) is 24.7 Å². The van der Waals surface area contributed by atoms with Crippen LogP contribution in [0.1, 0.15) is 29.9 Å². The van der Waals surface area contributed by atoms with Crippen molar-refractivity contribution in [2.24, 2.45) is 5.73 Å². The molecule has 0 bridgehead atoms. The second-order valence-electron chi connectivity index (χ2n) is 4.02. The van der Waals surface area contributed by atoms with Crippen molar-refractivity contribution in [2.75, 3.05) is 0 Å². The average Bonchev–Trinajstić information content (AvgIpc) is 2.60. The SMILES string of the molecule is Cc1ncn(-c2cc([C@H](C)N)ccn2)c1C. The Bertz CT molecular complexity index is 499. The van der Waals surface area contributed by atoms with Gasteiger partial charge in [-0.2, -0.15) is 0 Å². The van der Waals surface area contributed by atoms with Gasteiger partial charge in [0.2, 0.25) is 0 Å². The predicted octanol–water partition coefficient (Wildman–Crippen LogP) is 1.90. The van der Waals surface area contributed by atoms with E-state index >= 15 is 0 Å². The van der Waals surface area contributed by atoms with Crippen molar-refractivity contribution < 1.29 is 0 Å². The van der Waals surface area contributed by atoms with Gasteiger partial charge in [-0.25, -0.2) is 9.97 Å². The van der Waals surface area contributed by atoms with E-state index in [0.29, 0.717) is 0 Å². The van der Waals surface area contributed by atoms with Gasteiger partial charge >= 0.3 is 0 Å². The lowest BCUT2D eigenvalue weighted by molar-refractivity contribution is 0.809. The van der Waals surface area contributed by atoms with Crippen molar-refractivity contribution in [2.45, 2.75) is 26.8 Å². The molecule has 2 N–H and O–H groups in total. The maximum atomic E-state index is 5.85. The zero-order valence-corrected chi connectivity index (χ0v) is 9.81. The second kappa shape index (κ2) is 4.06. The van der Waals surface area contributed by atoms with Gasteiger partial charge in [-0.1, -0.05) is 0 Å². The summed E-state index contributed by atoms with van der Waals surface area (Å²) in [6.45, 7) is 5.98. The van der Waals surface area contributed by atoms with Gasteiger partial charge in [0.25, 0.3) is 0 Å². The molecule has 0 fully saturated rings. The molecule has 0 aromatic carbocycles. The minimum Gasteiger partial charge on any atom is -0.324 e. The summed E-state index contributed by atoms with van der Waals surface area (Å²) in [4.78, 5) is 8.59. The molecular formula is C12H16N4. The summed E-state index contributed by atoms with van der Waals surface area (Å²) in [5.74, 6) is 0.868. The average molecular weight is 216 g/mol. The Balaban J connectivity index is 2.48. The van der Waals surface area contributed by atoms with Gasteiger partial charge in [0.05, 0.1) is 5.69 Å². The van der Waals surface area contributed by atoms with Crippen LogP contribution in [-0.4, -0.2) is 14.5 Å². The molecule has 0 spiro atoms. The second-order valence-corrected chi connectivity index (χ2v) is 4.02. The summed E-state index contributed by atoms with van der Waals surface area (Å²) in [6, 6.07) is 3.96. The zero-order valence-electron chi connectivity index (χ0n) is 9.81. The molecular weight excluding hydrogens is 200 g/mol. The van der Waals surface area contributed by atoms with Crippen molar-refractivity contribution in [3.63, 3.8) is 0 Å². The Labute approximate surface area is 95.1 Å². The number of hydrogen-bond donors (Lipinski definition) is 1. The van der Waals surface area contributed by atoms with E-state index in [1.54, 1.807) is 12.5 Å². The standard InChI is InChI=1S/C12H16N4/c1-8(13)11-4-5-14-12(6-11)16-7-15-9(2)10(16)3/h4-8H,13H2,1-3H3/t8-/m0/s1. The number of imidazole rings is 1. The smallest absolute Gasteiger partial charge is 0.138 e. The molecule has 1 atom stereocenters. The van der Waals surface area contributed by atoms with Gasteiger partial charge in [0.1, 0.15) is 12.1 Å². The van der Waals surface area contributed by atoms with E-state index in [4.69, 9.17) is 5.73 Å². The van der Waals surface area contributed by atoms with E-state index in [0.717, 1.165) is 22.8 Å². The number of aryl methyl sites for hydroxylation is 1. The van der Waals surface area contributed by atoms with Gasteiger partial charge in [0.15, 0.2) is 0 Å². The number of nitrogens with two attached hydrogens (primary N) is 1. The minimum atomic E-state index is 0.0201. The van der Waals surface area contributed by atoms with Crippen LogP contribution in [0.5, 0.6) is 0 Å². The largest absolute Gasteiger partial charge is 0.324 e. The van der Waals surface area contributed by atoms with Crippen molar-refractivity contribution in [1.82, 2.24) is 14.5 Å². The first-order valence-corrected chi connectivity index (χ1v) is 5.32. The van der Waals surface area contributed by atoms with Crippen molar-refractivity contribution in [3.05, 3.63) is 41.6 Å². The van der Waals surface area contributed by atoms with Crippen LogP contribution in [0.25, 0.3) is 5.82 Å². The van der Waals surface area contributed by atoms with E-state index in [1.165, 1.54) is 0 Å². The molecule has 16 heavy (non-hydrogen) atoms. The highest BCUT2D eigenvalue weighted by atomic mass is 15.1. The molecule has 0 aliphatic carbocycles. The number of hydrogen-bond acceptors (Lipinski definition) is 3. The molecule has 4 nitrogen and oxygen atoms in total. The first kappa shape index (κ1) is 10.8. The third kappa shape index (κ3) is 1.84. The molecule has 2 rings (SSSR count). The summed E-state index contributed by atoms with van der Waals surface area (Å²) < 4.78 is 1.97. The normalized spacial score (nSPS) is 12.8. The van der Waals surface area contributed by atoms with Crippen molar-refractivity contribution >= 4 is 0 Å². The van der Waals surface area contributed by atoms with Gasteiger partial charge in [-0.15, -0.1) is 0 Å². The van der Waals surface area contributed by atoms with Gasteiger partial charge in [-0.3, -0.25) is 4.57 Å². The van der Waals surface area contributed by atoms with Crippen LogP contribution in [0, 0.1) is 13.8 Å². The van der Waals surface area contributed by atoms with Crippen molar-refractivity contribution in [3.8, 4) is 5.82 Å². The third-order valence-electron chi connectivity index (χ3n) is 2.79. The number of nitrogens with zero attached hydrogens (tertiary/aromatic N) is 3. The fourth-order valence-electron chi connectivity index (χ4n) is 1.58. The first-order valence-electron chi connectivity index (χ1n) is 5.32. The molecule has 0 saturated heterocycles. The first-order chi connectivity index (χ1) is 7.59. The van der Waals surface area contributed by atoms with Crippen LogP contribution < -0.4 is 5.73 Å². The molecule has 4 heteroatoms. The Kier molecular flexibility index (Phi) is 2.75. The molecule has 0 radical (unpaired) electrons. The summed E-state index contributed by atoms with van der Waals surface area (Å²) in [5, 5.41) is 0. The maximum Gasteiger partial charge on any atom is 0.138 e. The summed E-state index contributed by atoms with van der Waals surface area (Å²) in [6.07, 6.45) is 3.57. The summed E-state index contributed by atoms with van der Waals surface area (Å²) in [5.41, 5.74) is 9.06. The van der Waals surface area contributed by atoms with E-state index in [9.17, 15) is 0 Å². The molecule has 0 amide bonds. The van der Waals surface area contributed by atoms with Gasteiger partial charge in [0, 0.05) is 17.9 Å². The molecule has 84 valence electrons. The topological polar surface area (TPSA) is 56.7 Å². The zero-order chi connectivity index (χ0) is 11.7. The Morgan fingerprint density at radius 1 is 1.31 bits per heavy atom. The third-order valence-corrected chi connectivity index (χ3v) is 2.79. The quantitative estimate of drug-likeness (QED) is 0.834. The van der Waals surface area contributed by atoms with E-state index in [-0.39, 0.29) is 6.04 Å². The van der Waals surface area contributed by atoms with Crippen LogP contribution in [0.2, 0.25) is 0 Å².